The van der Waals surface area contributed by atoms with Crippen LogP contribution in [0.15, 0.2) is 36.4 Å². The van der Waals surface area contributed by atoms with Gasteiger partial charge in [0.25, 0.3) is 11.7 Å². The number of aryl methyl sites for hydroxylation is 2. The minimum absolute atomic E-state index is 0.289. The van der Waals surface area contributed by atoms with Crippen molar-refractivity contribution in [3.05, 3.63) is 64.2 Å². The monoisotopic (exact) mass is 351 g/mol. The minimum atomic E-state index is -0.595. The molecule has 0 spiro atoms. The Morgan fingerprint density at radius 3 is 2.58 bits per heavy atom. The van der Waals surface area contributed by atoms with E-state index < -0.39 is 11.7 Å². The molecular formula is C22H25NO3. The molecule has 0 unspecified atom stereocenters. The van der Waals surface area contributed by atoms with Gasteiger partial charge in [0.1, 0.15) is 12.4 Å². The van der Waals surface area contributed by atoms with Gasteiger partial charge in [0.2, 0.25) is 0 Å². The number of hydrogen-bond donors (Lipinski definition) is 1. The fraction of sp³-hybridized carbons (Fsp3) is 0.364. The van der Waals surface area contributed by atoms with E-state index in [2.05, 4.69) is 24.4 Å². The molecule has 136 valence electrons. The van der Waals surface area contributed by atoms with E-state index >= 15 is 0 Å². The highest BCUT2D eigenvalue weighted by Gasteiger charge is 2.29. The van der Waals surface area contributed by atoms with Crippen LogP contribution in [0.1, 0.15) is 58.3 Å². The summed E-state index contributed by atoms with van der Waals surface area (Å²) in [6.45, 7) is 4.44. The van der Waals surface area contributed by atoms with Crippen LogP contribution >= 0.6 is 0 Å². The number of Topliss-reactive ketones (excluding diaryl/α,β-unsaturated/α-hetero) is 1. The molecule has 2 aromatic carbocycles. The molecule has 2 aromatic rings. The molecule has 1 aliphatic carbocycles. The molecule has 4 nitrogen and oxygen atoms in total. The van der Waals surface area contributed by atoms with Gasteiger partial charge in [-0.15, -0.1) is 0 Å². The number of amides is 1. The number of nitrogens with one attached hydrogen (secondary N) is 1. The second-order valence-electron chi connectivity index (χ2n) is 6.80. The summed E-state index contributed by atoms with van der Waals surface area (Å²) >= 11 is 0. The molecule has 0 bridgehead atoms. The zero-order valence-electron chi connectivity index (χ0n) is 15.6. The van der Waals surface area contributed by atoms with Crippen molar-refractivity contribution in [1.29, 1.82) is 0 Å². The lowest BCUT2D eigenvalue weighted by Crippen LogP contribution is -2.28. The van der Waals surface area contributed by atoms with Crippen LogP contribution in [-0.4, -0.2) is 18.7 Å². The summed E-state index contributed by atoms with van der Waals surface area (Å²) in [6.07, 6.45) is 3.22. The quantitative estimate of drug-likeness (QED) is 0.607. The van der Waals surface area contributed by atoms with Gasteiger partial charge in [-0.3, -0.25) is 9.59 Å². The van der Waals surface area contributed by atoms with E-state index in [-0.39, 0.29) is 6.61 Å². The fourth-order valence-corrected chi connectivity index (χ4v) is 3.23. The number of ether oxygens (including phenoxy) is 1. The average molecular weight is 351 g/mol. The summed E-state index contributed by atoms with van der Waals surface area (Å²) in [7, 11) is 1.47. The number of carbonyl (C=O) groups is 2. The van der Waals surface area contributed by atoms with Crippen LogP contribution in [0.2, 0.25) is 0 Å². The van der Waals surface area contributed by atoms with Gasteiger partial charge in [-0.2, -0.15) is 0 Å². The summed E-state index contributed by atoms with van der Waals surface area (Å²) in [4.78, 5) is 24.3. The maximum absolute atomic E-state index is 12.5. The highest BCUT2D eigenvalue weighted by atomic mass is 16.5. The third-order valence-corrected chi connectivity index (χ3v) is 4.93. The number of benzene rings is 2. The van der Waals surface area contributed by atoms with Crippen LogP contribution in [0, 0.1) is 6.92 Å². The molecular weight excluding hydrogens is 326 g/mol. The summed E-state index contributed by atoms with van der Waals surface area (Å²) in [5, 5.41) is 2.42. The lowest BCUT2D eigenvalue weighted by atomic mass is 9.95. The standard InChI is InChI=1S/C22H25NO3/c1-4-15-8-11-20(14(2)12-15)26-13-19-17(16-9-10-16)6-5-7-18(19)21(24)22(25)23-3/h5-8,11-12,16H,4,9-10,13H2,1-3H3,(H,23,25). The lowest BCUT2D eigenvalue weighted by Gasteiger charge is -2.16. The van der Waals surface area contributed by atoms with Gasteiger partial charge >= 0.3 is 0 Å². The number of carbonyl (C=O) groups excluding carboxylic acids is 2. The van der Waals surface area contributed by atoms with E-state index in [1.807, 2.05) is 25.1 Å². The predicted octanol–water partition coefficient (Wildman–Crippen LogP) is 3.94. The Morgan fingerprint density at radius 2 is 1.96 bits per heavy atom. The molecule has 4 heteroatoms. The van der Waals surface area contributed by atoms with Gasteiger partial charge in [-0.05, 0) is 54.9 Å². The zero-order valence-corrected chi connectivity index (χ0v) is 15.6. The lowest BCUT2D eigenvalue weighted by molar-refractivity contribution is -0.116. The van der Waals surface area contributed by atoms with E-state index in [1.54, 1.807) is 6.07 Å². The largest absolute Gasteiger partial charge is 0.489 e. The Balaban J connectivity index is 1.90. The number of ketones is 1. The first-order chi connectivity index (χ1) is 12.5. The van der Waals surface area contributed by atoms with Gasteiger partial charge in [0.15, 0.2) is 0 Å². The van der Waals surface area contributed by atoms with Crippen molar-refractivity contribution in [2.75, 3.05) is 7.05 Å². The van der Waals surface area contributed by atoms with Crippen LogP contribution in [0.25, 0.3) is 0 Å². The van der Waals surface area contributed by atoms with Gasteiger partial charge < -0.3 is 10.1 Å². The average Bonchev–Trinajstić information content (AvgIpc) is 3.50. The highest BCUT2D eigenvalue weighted by Crippen LogP contribution is 2.42. The molecule has 1 N–H and O–H groups in total. The van der Waals surface area contributed by atoms with E-state index in [9.17, 15) is 9.59 Å². The molecule has 0 heterocycles. The summed E-state index contributed by atoms with van der Waals surface area (Å²) < 4.78 is 6.06. The van der Waals surface area contributed by atoms with Crippen molar-refractivity contribution in [3.8, 4) is 5.75 Å². The molecule has 0 aromatic heterocycles. The first-order valence-electron chi connectivity index (χ1n) is 9.15. The second kappa shape index (κ2) is 7.73. The summed E-state index contributed by atoms with van der Waals surface area (Å²) in [5.74, 6) is 0.176. The maximum atomic E-state index is 12.5. The van der Waals surface area contributed by atoms with Crippen molar-refractivity contribution < 1.29 is 14.3 Å². The molecule has 0 atom stereocenters. The molecule has 26 heavy (non-hydrogen) atoms. The Labute approximate surface area is 154 Å². The Bertz CT molecular complexity index is 837. The number of likely N-dealkylation sites (N-methyl/N-ethyl adjacent to an activating group) is 1. The summed E-state index contributed by atoms with van der Waals surface area (Å²) in [6, 6.07) is 11.8. The van der Waals surface area contributed by atoms with Crippen LogP contribution < -0.4 is 10.1 Å². The molecule has 1 fully saturated rings. The van der Waals surface area contributed by atoms with Gasteiger partial charge in [-0.25, -0.2) is 0 Å². The number of hydrogen-bond acceptors (Lipinski definition) is 3. The Hall–Kier alpha value is -2.62. The third kappa shape index (κ3) is 3.79. The first-order valence-corrected chi connectivity index (χ1v) is 9.15. The van der Waals surface area contributed by atoms with E-state index in [0.29, 0.717) is 11.5 Å². The first kappa shape index (κ1) is 18.2. The van der Waals surface area contributed by atoms with Crippen molar-refractivity contribution >= 4 is 11.7 Å². The summed E-state index contributed by atoms with van der Waals surface area (Å²) in [5.41, 5.74) is 4.75. The topological polar surface area (TPSA) is 55.4 Å². The third-order valence-electron chi connectivity index (χ3n) is 4.93. The molecule has 1 saturated carbocycles. The van der Waals surface area contributed by atoms with Crippen LogP contribution in [-0.2, 0) is 17.8 Å². The molecule has 0 saturated heterocycles. The van der Waals surface area contributed by atoms with Crippen LogP contribution in [0.4, 0.5) is 0 Å². The molecule has 1 amide bonds. The van der Waals surface area contributed by atoms with Crippen molar-refractivity contribution in [3.63, 3.8) is 0 Å². The van der Waals surface area contributed by atoms with Gasteiger partial charge in [-0.1, -0.05) is 37.3 Å². The maximum Gasteiger partial charge on any atom is 0.292 e. The van der Waals surface area contributed by atoms with E-state index in [4.69, 9.17) is 4.74 Å². The van der Waals surface area contributed by atoms with Crippen LogP contribution in [0.5, 0.6) is 5.75 Å². The van der Waals surface area contributed by atoms with E-state index in [0.717, 1.165) is 41.7 Å². The normalized spacial score (nSPS) is 13.3. The van der Waals surface area contributed by atoms with Gasteiger partial charge in [0.05, 0.1) is 0 Å². The molecule has 0 radical (unpaired) electrons. The Kier molecular flexibility index (Phi) is 5.40. The molecule has 0 aliphatic heterocycles. The van der Waals surface area contributed by atoms with Crippen LogP contribution in [0.3, 0.4) is 0 Å². The number of rotatable bonds is 7. The molecule has 1 aliphatic rings. The van der Waals surface area contributed by atoms with E-state index in [1.165, 1.54) is 12.6 Å². The fourth-order valence-electron chi connectivity index (χ4n) is 3.23. The smallest absolute Gasteiger partial charge is 0.292 e. The van der Waals surface area contributed by atoms with Gasteiger partial charge in [0, 0.05) is 18.2 Å². The SMILES string of the molecule is CCc1ccc(OCc2c(C(=O)C(=O)NC)cccc2C2CC2)c(C)c1. The Morgan fingerprint density at radius 1 is 1.19 bits per heavy atom. The van der Waals surface area contributed by atoms with Crippen molar-refractivity contribution in [1.82, 2.24) is 5.32 Å². The van der Waals surface area contributed by atoms with Crippen molar-refractivity contribution in [2.24, 2.45) is 0 Å². The molecule has 3 rings (SSSR count). The van der Waals surface area contributed by atoms with Crippen molar-refractivity contribution in [2.45, 2.75) is 45.6 Å². The minimum Gasteiger partial charge on any atom is -0.489 e. The highest BCUT2D eigenvalue weighted by molar-refractivity contribution is 6.43. The zero-order chi connectivity index (χ0) is 18.7. The predicted molar refractivity (Wildman–Crippen MR) is 102 cm³/mol. The second-order valence-corrected chi connectivity index (χ2v) is 6.80.